The molecule has 1 aromatic carbocycles. The van der Waals surface area contributed by atoms with Crippen LogP contribution >= 0.6 is 11.6 Å². The molecule has 0 spiro atoms. The minimum Gasteiger partial charge on any atom is -0.370 e. The van der Waals surface area contributed by atoms with E-state index in [-0.39, 0.29) is 23.6 Å². The van der Waals surface area contributed by atoms with Gasteiger partial charge in [-0.2, -0.15) is 13.2 Å². The first-order chi connectivity index (χ1) is 11.8. The third kappa shape index (κ3) is 6.05. The fourth-order valence-corrected chi connectivity index (χ4v) is 2.82. The second-order valence-electron chi connectivity index (χ2n) is 5.69. The van der Waals surface area contributed by atoms with E-state index in [0.717, 1.165) is 10.5 Å². The molecule has 1 aromatic rings. The van der Waals surface area contributed by atoms with Crippen LogP contribution in [-0.2, 0) is 9.53 Å². The van der Waals surface area contributed by atoms with Crippen LogP contribution in [0, 0.1) is 5.82 Å². The number of ether oxygens (including phenoxy) is 1. The van der Waals surface area contributed by atoms with Gasteiger partial charge in [-0.25, -0.2) is 4.39 Å². The summed E-state index contributed by atoms with van der Waals surface area (Å²) in [6.45, 7) is 2.59. The number of carbonyl (C=O) groups is 1. The number of nitrogens with one attached hydrogen (secondary N) is 1. The fraction of sp³-hybridized carbons (Fsp3) is 0.500. The molecule has 0 aromatic heterocycles. The molecule has 1 heterocycles. The second kappa shape index (κ2) is 8.73. The van der Waals surface area contributed by atoms with Gasteiger partial charge in [0.05, 0.1) is 26.2 Å². The van der Waals surface area contributed by atoms with Crippen LogP contribution in [-0.4, -0.2) is 50.0 Å². The summed E-state index contributed by atoms with van der Waals surface area (Å²) in [7, 11) is 0. The van der Waals surface area contributed by atoms with Crippen molar-refractivity contribution in [3.63, 3.8) is 0 Å². The molecular weight excluding hydrogens is 364 g/mol. The van der Waals surface area contributed by atoms with Gasteiger partial charge in [0.1, 0.15) is 30.1 Å². The zero-order chi connectivity index (χ0) is 18.4. The number of hydrogen-bond acceptors (Lipinski definition) is 3. The molecule has 1 saturated heterocycles. The summed E-state index contributed by atoms with van der Waals surface area (Å²) >= 11 is 5.71. The van der Waals surface area contributed by atoms with Crippen molar-refractivity contribution in [2.75, 3.05) is 32.8 Å². The number of nitrogens with zero attached hydrogens (tertiary/aromatic N) is 1. The zero-order valence-electron chi connectivity index (χ0n) is 13.3. The minimum atomic E-state index is -4.93. The molecule has 2 rings (SSSR count). The number of benzene rings is 1. The maximum Gasteiger partial charge on any atom is 0.450 e. The van der Waals surface area contributed by atoms with Crippen molar-refractivity contribution in [1.29, 1.82) is 0 Å². The summed E-state index contributed by atoms with van der Waals surface area (Å²) in [5, 5.41) is -0.387. The predicted molar refractivity (Wildman–Crippen MR) is 84.5 cm³/mol. The van der Waals surface area contributed by atoms with E-state index in [2.05, 4.69) is 4.99 Å². The van der Waals surface area contributed by atoms with Crippen molar-refractivity contribution in [1.82, 2.24) is 0 Å². The molecule has 0 saturated carbocycles. The Hall–Kier alpha value is -1.51. The molecule has 1 aliphatic rings. The number of alkyl halides is 3. The highest BCUT2D eigenvalue weighted by atomic mass is 35.5. The first-order valence-electron chi connectivity index (χ1n) is 7.74. The average Bonchev–Trinajstić information content (AvgIpc) is 2.56. The van der Waals surface area contributed by atoms with E-state index in [4.69, 9.17) is 16.3 Å². The molecule has 0 amide bonds. The van der Waals surface area contributed by atoms with Crippen LogP contribution in [0.4, 0.5) is 17.6 Å². The Morgan fingerprint density at radius 1 is 1.24 bits per heavy atom. The van der Waals surface area contributed by atoms with E-state index in [1.54, 1.807) is 12.1 Å². The average molecular weight is 382 g/mol. The van der Waals surface area contributed by atoms with Gasteiger partial charge in [0.25, 0.3) is 0 Å². The molecule has 9 heteroatoms. The topological polar surface area (TPSA) is 43.1 Å². The number of rotatable bonds is 6. The van der Waals surface area contributed by atoms with Gasteiger partial charge in [-0.1, -0.05) is 23.7 Å². The van der Waals surface area contributed by atoms with E-state index >= 15 is 0 Å². The lowest BCUT2D eigenvalue weighted by Gasteiger charge is -2.31. The lowest BCUT2D eigenvalue weighted by Crippen LogP contribution is -3.14. The highest BCUT2D eigenvalue weighted by Crippen LogP contribution is 2.19. The molecule has 1 fully saturated rings. The van der Waals surface area contributed by atoms with Crippen LogP contribution in [0.25, 0.3) is 0 Å². The number of carbonyl (C=O) groups excluding carboxylic acids is 1. The Kier molecular flexibility index (Phi) is 6.92. The van der Waals surface area contributed by atoms with Gasteiger partial charge in [-0.15, -0.1) is 0 Å². The molecule has 0 bridgehead atoms. The van der Waals surface area contributed by atoms with Crippen LogP contribution in [0.15, 0.2) is 29.3 Å². The Morgan fingerprint density at radius 2 is 1.84 bits per heavy atom. The number of halogens is 5. The van der Waals surface area contributed by atoms with Gasteiger partial charge in [0.15, 0.2) is 0 Å². The maximum atomic E-state index is 13.1. The largest absolute Gasteiger partial charge is 0.450 e. The van der Waals surface area contributed by atoms with E-state index in [1.165, 1.54) is 12.1 Å². The SMILES string of the molecule is O=C(CC(Cl)=NC[C@@H](c1ccc(F)cc1)[NH+]1CCOCC1)C(F)(F)F. The van der Waals surface area contributed by atoms with Crippen LogP contribution < -0.4 is 4.90 Å². The van der Waals surface area contributed by atoms with Crippen LogP contribution in [0.1, 0.15) is 18.0 Å². The summed E-state index contributed by atoms with van der Waals surface area (Å²) in [5.41, 5.74) is 0.800. The molecule has 4 nitrogen and oxygen atoms in total. The highest BCUT2D eigenvalue weighted by Gasteiger charge is 2.38. The Bertz CT molecular complexity index is 614. The van der Waals surface area contributed by atoms with E-state index in [1.807, 2.05) is 0 Å². The first-order valence-corrected chi connectivity index (χ1v) is 8.12. The van der Waals surface area contributed by atoms with Crippen molar-refractivity contribution in [3.05, 3.63) is 35.6 Å². The summed E-state index contributed by atoms with van der Waals surface area (Å²) in [6, 6.07) is 5.67. The molecule has 0 aliphatic carbocycles. The second-order valence-corrected chi connectivity index (χ2v) is 6.13. The third-order valence-corrected chi connectivity index (χ3v) is 4.22. The number of aliphatic imine (C=N–C) groups is 1. The quantitative estimate of drug-likeness (QED) is 0.604. The van der Waals surface area contributed by atoms with Gasteiger partial charge < -0.3 is 9.64 Å². The number of Topliss-reactive ketones (excluding diaryl/α,β-unsaturated/α-hetero) is 1. The van der Waals surface area contributed by atoms with Gasteiger partial charge in [0.2, 0.25) is 5.78 Å². The first kappa shape index (κ1) is 19.8. The van der Waals surface area contributed by atoms with Gasteiger partial charge in [-0.3, -0.25) is 9.79 Å². The van der Waals surface area contributed by atoms with Gasteiger partial charge in [0, 0.05) is 5.56 Å². The molecule has 25 heavy (non-hydrogen) atoms. The van der Waals surface area contributed by atoms with Crippen molar-refractivity contribution in [2.45, 2.75) is 18.6 Å². The molecule has 1 N–H and O–H groups in total. The van der Waals surface area contributed by atoms with Crippen LogP contribution in [0.5, 0.6) is 0 Å². The van der Waals surface area contributed by atoms with E-state index in [9.17, 15) is 22.4 Å². The Labute approximate surface area is 147 Å². The lowest BCUT2D eigenvalue weighted by molar-refractivity contribution is -0.937. The van der Waals surface area contributed by atoms with Gasteiger partial charge >= 0.3 is 6.18 Å². The summed E-state index contributed by atoms with van der Waals surface area (Å²) in [4.78, 5) is 16.1. The molecule has 0 radical (unpaired) electrons. The lowest BCUT2D eigenvalue weighted by atomic mass is 10.0. The summed E-state index contributed by atoms with van der Waals surface area (Å²) in [5.74, 6) is -2.31. The molecule has 1 aliphatic heterocycles. The van der Waals surface area contributed by atoms with Crippen molar-refractivity contribution in [2.24, 2.45) is 4.99 Å². The normalized spacial score (nSPS) is 18.2. The number of quaternary nitrogens is 1. The summed E-state index contributed by atoms with van der Waals surface area (Å²) in [6.07, 6.45) is -5.90. The van der Waals surface area contributed by atoms with Crippen molar-refractivity contribution in [3.8, 4) is 0 Å². The smallest absolute Gasteiger partial charge is 0.370 e. The van der Waals surface area contributed by atoms with E-state index < -0.39 is 18.4 Å². The fourth-order valence-electron chi connectivity index (χ4n) is 2.63. The Morgan fingerprint density at radius 3 is 2.40 bits per heavy atom. The molecule has 138 valence electrons. The number of hydrogen-bond donors (Lipinski definition) is 1. The molecular formula is C16H18ClF4N2O2+. The summed E-state index contributed by atoms with van der Waals surface area (Å²) < 4.78 is 55.3. The predicted octanol–water partition coefficient (Wildman–Crippen LogP) is 1.94. The van der Waals surface area contributed by atoms with Crippen molar-refractivity contribution >= 4 is 22.6 Å². The van der Waals surface area contributed by atoms with Crippen molar-refractivity contribution < 1.29 is 32.0 Å². The Balaban J connectivity index is 2.11. The van der Waals surface area contributed by atoms with Crippen LogP contribution in [0.2, 0.25) is 0 Å². The number of morpholine rings is 1. The van der Waals surface area contributed by atoms with E-state index in [0.29, 0.717) is 26.3 Å². The number of ketones is 1. The monoisotopic (exact) mass is 381 g/mol. The molecule has 1 atom stereocenters. The zero-order valence-corrected chi connectivity index (χ0v) is 14.0. The third-order valence-electron chi connectivity index (χ3n) is 3.97. The minimum absolute atomic E-state index is 0.102. The van der Waals surface area contributed by atoms with Crippen LogP contribution in [0.3, 0.4) is 0 Å². The maximum absolute atomic E-state index is 13.1. The molecule has 0 unspecified atom stereocenters. The van der Waals surface area contributed by atoms with Gasteiger partial charge in [-0.05, 0) is 12.1 Å². The standard InChI is InChI=1S/C16H17ClF4N2O2/c17-15(9-14(24)16(19,20)21)22-10-13(23-5-7-25-8-6-23)11-1-3-12(18)4-2-11/h1-4,13H,5-10H2/p+1/t13-/m0/s1. The highest BCUT2D eigenvalue weighted by molar-refractivity contribution is 6.66.